The van der Waals surface area contributed by atoms with E-state index in [1.165, 1.54) is 21.9 Å². The highest BCUT2D eigenvalue weighted by Crippen LogP contribution is 2.36. The first-order valence-electron chi connectivity index (χ1n) is 4.78. The van der Waals surface area contributed by atoms with Crippen molar-refractivity contribution in [1.82, 2.24) is 0 Å². The van der Waals surface area contributed by atoms with Gasteiger partial charge in [-0.15, -0.1) is 11.8 Å². The Morgan fingerprint density at radius 1 is 1.38 bits per heavy atom. The first kappa shape index (κ1) is 8.95. The molecule has 1 aromatic carbocycles. The highest BCUT2D eigenvalue weighted by molar-refractivity contribution is 7.99. The molecule has 1 N–H and O–H groups in total. The Labute approximate surface area is 83.9 Å². The molecule has 0 bridgehead atoms. The van der Waals surface area contributed by atoms with Gasteiger partial charge in [-0.25, -0.2) is 0 Å². The molecule has 0 unspecified atom stereocenters. The molecule has 1 nitrogen and oxygen atoms in total. The van der Waals surface area contributed by atoms with Crippen LogP contribution < -0.4 is 5.32 Å². The van der Waals surface area contributed by atoms with Crippen LogP contribution >= 0.6 is 11.8 Å². The molecule has 1 heterocycles. The molecule has 0 fully saturated rings. The summed E-state index contributed by atoms with van der Waals surface area (Å²) in [7, 11) is 0. The van der Waals surface area contributed by atoms with Crippen LogP contribution in [0, 0.1) is 0 Å². The van der Waals surface area contributed by atoms with Gasteiger partial charge in [-0.2, -0.15) is 0 Å². The Kier molecular flexibility index (Phi) is 2.49. The van der Waals surface area contributed by atoms with Gasteiger partial charge >= 0.3 is 0 Å². The third-order valence-corrected chi connectivity index (χ3v) is 3.40. The maximum absolute atomic E-state index is 3.49. The summed E-state index contributed by atoms with van der Waals surface area (Å²) in [4.78, 5) is 1.41. The van der Waals surface area contributed by atoms with Gasteiger partial charge < -0.3 is 5.32 Å². The summed E-state index contributed by atoms with van der Waals surface area (Å²) in [6, 6.07) is 6.59. The fourth-order valence-electron chi connectivity index (χ4n) is 1.68. The van der Waals surface area contributed by atoms with Crippen molar-refractivity contribution in [2.24, 2.45) is 0 Å². The quantitative estimate of drug-likeness (QED) is 0.734. The SMILES string of the molecule is CC(C)c1cccc2c1NCCS2. The van der Waals surface area contributed by atoms with Crippen molar-refractivity contribution in [3.8, 4) is 0 Å². The molecule has 0 saturated heterocycles. The number of para-hydroxylation sites is 1. The Morgan fingerprint density at radius 3 is 3.00 bits per heavy atom. The van der Waals surface area contributed by atoms with E-state index in [1.807, 2.05) is 11.8 Å². The van der Waals surface area contributed by atoms with Gasteiger partial charge in [0.15, 0.2) is 0 Å². The maximum Gasteiger partial charge on any atom is 0.0513 e. The molecular weight excluding hydrogens is 178 g/mol. The third-order valence-electron chi connectivity index (χ3n) is 2.34. The molecule has 13 heavy (non-hydrogen) atoms. The average Bonchev–Trinajstić information content (AvgIpc) is 2.17. The number of hydrogen-bond acceptors (Lipinski definition) is 2. The van der Waals surface area contributed by atoms with Crippen LogP contribution in [0.2, 0.25) is 0 Å². The average molecular weight is 193 g/mol. The molecule has 0 aliphatic carbocycles. The van der Waals surface area contributed by atoms with E-state index in [4.69, 9.17) is 0 Å². The van der Waals surface area contributed by atoms with Crippen molar-refractivity contribution >= 4 is 17.4 Å². The van der Waals surface area contributed by atoms with Gasteiger partial charge in [0.2, 0.25) is 0 Å². The summed E-state index contributed by atoms with van der Waals surface area (Å²) in [6.07, 6.45) is 0. The molecule has 0 aromatic heterocycles. The van der Waals surface area contributed by atoms with Crippen molar-refractivity contribution in [2.75, 3.05) is 17.6 Å². The third kappa shape index (κ3) is 1.68. The van der Waals surface area contributed by atoms with Crippen LogP contribution in [0.5, 0.6) is 0 Å². The summed E-state index contributed by atoms with van der Waals surface area (Å²) in [5.74, 6) is 1.80. The Balaban J connectivity index is 2.46. The number of nitrogens with one attached hydrogen (secondary N) is 1. The summed E-state index contributed by atoms with van der Waals surface area (Å²) in [5.41, 5.74) is 2.82. The van der Waals surface area contributed by atoms with Gasteiger partial charge in [-0.1, -0.05) is 26.0 Å². The Bertz CT molecular complexity index is 307. The van der Waals surface area contributed by atoms with E-state index < -0.39 is 0 Å². The molecule has 70 valence electrons. The number of rotatable bonds is 1. The number of benzene rings is 1. The normalized spacial score (nSPS) is 15.3. The highest BCUT2D eigenvalue weighted by atomic mass is 32.2. The molecule has 0 amide bonds. The summed E-state index contributed by atoms with van der Waals surface area (Å²) >= 11 is 1.96. The van der Waals surface area contributed by atoms with Crippen LogP contribution in [-0.4, -0.2) is 12.3 Å². The smallest absolute Gasteiger partial charge is 0.0513 e. The first-order valence-corrected chi connectivity index (χ1v) is 5.77. The maximum atomic E-state index is 3.49. The van der Waals surface area contributed by atoms with Crippen LogP contribution in [0.15, 0.2) is 23.1 Å². The predicted octanol–water partition coefficient (Wildman–Crippen LogP) is 3.33. The summed E-state index contributed by atoms with van der Waals surface area (Å²) in [6.45, 7) is 5.59. The predicted molar refractivity (Wildman–Crippen MR) is 59.7 cm³/mol. The zero-order valence-corrected chi connectivity index (χ0v) is 8.95. The van der Waals surface area contributed by atoms with Crippen molar-refractivity contribution < 1.29 is 0 Å². The zero-order valence-electron chi connectivity index (χ0n) is 8.13. The van der Waals surface area contributed by atoms with E-state index in [0.717, 1.165) is 6.54 Å². The van der Waals surface area contributed by atoms with Crippen LogP contribution in [0.1, 0.15) is 25.3 Å². The van der Waals surface area contributed by atoms with E-state index in [1.54, 1.807) is 0 Å². The highest BCUT2D eigenvalue weighted by Gasteiger charge is 2.13. The van der Waals surface area contributed by atoms with E-state index >= 15 is 0 Å². The molecular formula is C11H15NS. The number of thioether (sulfide) groups is 1. The van der Waals surface area contributed by atoms with E-state index in [2.05, 4.69) is 37.4 Å². The molecule has 2 rings (SSSR count). The van der Waals surface area contributed by atoms with Gasteiger partial charge in [0.25, 0.3) is 0 Å². The second kappa shape index (κ2) is 3.62. The van der Waals surface area contributed by atoms with Gasteiger partial charge in [-0.3, -0.25) is 0 Å². The van der Waals surface area contributed by atoms with Crippen LogP contribution in [0.3, 0.4) is 0 Å². The summed E-state index contributed by atoms with van der Waals surface area (Å²) < 4.78 is 0. The fraction of sp³-hybridized carbons (Fsp3) is 0.455. The first-order chi connectivity index (χ1) is 6.29. The molecule has 1 aliphatic rings. The zero-order chi connectivity index (χ0) is 9.26. The van der Waals surface area contributed by atoms with Gasteiger partial charge in [0.1, 0.15) is 0 Å². The second-order valence-corrected chi connectivity index (χ2v) is 4.79. The lowest BCUT2D eigenvalue weighted by Gasteiger charge is -2.22. The lowest BCUT2D eigenvalue weighted by molar-refractivity contribution is 0.861. The Hall–Kier alpha value is -0.630. The molecule has 0 atom stereocenters. The topological polar surface area (TPSA) is 12.0 Å². The Morgan fingerprint density at radius 2 is 2.23 bits per heavy atom. The monoisotopic (exact) mass is 193 g/mol. The minimum Gasteiger partial charge on any atom is -0.383 e. The van der Waals surface area contributed by atoms with E-state index in [-0.39, 0.29) is 0 Å². The number of hydrogen-bond donors (Lipinski definition) is 1. The molecule has 1 aromatic rings. The minimum atomic E-state index is 0.612. The standard InChI is InChI=1S/C11H15NS/c1-8(2)9-4-3-5-10-11(9)12-6-7-13-10/h3-5,8,12H,6-7H2,1-2H3. The van der Waals surface area contributed by atoms with E-state index in [9.17, 15) is 0 Å². The molecule has 1 aliphatic heterocycles. The fourth-order valence-corrected chi connectivity index (χ4v) is 2.61. The van der Waals surface area contributed by atoms with Crippen molar-refractivity contribution in [2.45, 2.75) is 24.7 Å². The number of fused-ring (bicyclic) bond motifs is 1. The number of anilines is 1. The summed E-state index contributed by atoms with van der Waals surface area (Å²) in [5, 5.41) is 3.49. The van der Waals surface area contributed by atoms with Crippen LogP contribution in [0.25, 0.3) is 0 Å². The lowest BCUT2D eigenvalue weighted by atomic mass is 10.0. The van der Waals surface area contributed by atoms with Gasteiger partial charge in [0.05, 0.1) is 5.69 Å². The van der Waals surface area contributed by atoms with Gasteiger partial charge in [0, 0.05) is 17.2 Å². The molecule has 0 radical (unpaired) electrons. The second-order valence-electron chi connectivity index (χ2n) is 3.65. The van der Waals surface area contributed by atoms with Gasteiger partial charge in [-0.05, 0) is 17.5 Å². The van der Waals surface area contributed by atoms with Crippen LogP contribution in [-0.2, 0) is 0 Å². The minimum absolute atomic E-state index is 0.612. The lowest BCUT2D eigenvalue weighted by Crippen LogP contribution is -2.12. The van der Waals surface area contributed by atoms with Crippen molar-refractivity contribution in [1.29, 1.82) is 0 Å². The van der Waals surface area contributed by atoms with Crippen molar-refractivity contribution in [3.05, 3.63) is 23.8 Å². The molecule has 2 heteroatoms. The molecule has 0 spiro atoms. The van der Waals surface area contributed by atoms with Crippen LogP contribution in [0.4, 0.5) is 5.69 Å². The molecule has 0 saturated carbocycles. The van der Waals surface area contributed by atoms with E-state index in [0.29, 0.717) is 5.92 Å². The largest absolute Gasteiger partial charge is 0.383 e. The van der Waals surface area contributed by atoms with Crippen molar-refractivity contribution in [3.63, 3.8) is 0 Å².